The van der Waals surface area contributed by atoms with Crippen LogP contribution < -0.4 is 11.1 Å². The summed E-state index contributed by atoms with van der Waals surface area (Å²) in [6.45, 7) is 10.1. The molecule has 0 aliphatic heterocycles. The third kappa shape index (κ3) is 4.62. The molecule has 0 saturated carbocycles. The average Bonchev–Trinajstić information content (AvgIpc) is 2.43. The standard InChI is InChI=1S/C16H27N3O/c1-5-19(13(4)16(20)18-12(2)3)11-15-9-7-6-8-14(15)10-17/h6-9,12-13H,5,10-11,17H2,1-4H3,(H,18,20). The lowest BCUT2D eigenvalue weighted by atomic mass is 10.1. The Bertz CT molecular complexity index is 431. The number of hydrogen-bond donors (Lipinski definition) is 2. The van der Waals surface area contributed by atoms with Gasteiger partial charge in [-0.15, -0.1) is 0 Å². The van der Waals surface area contributed by atoms with E-state index in [2.05, 4.69) is 23.2 Å². The van der Waals surface area contributed by atoms with Crippen molar-refractivity contribution in [2.45, 2.75) is 52.9 Å². The lowest BCUT2D eigenvalue weighted by Crippen LogP contribution is -2.46. The molecule has 3 N–H and O–H groups in total. The zero-order valence-corrected chi connectivity index (χ0v) is 13.0. The molecule has 112 valence electrons. The lowest BCUT2D eigenvalue weighted by Gasteiger charge is -2.28. The molecular weight excluding hydrogens is 250 g/mol. The molecule has 0 aliphatic rings. The Morgan fingerprint density at radius 1 is 1.25 bits per heavy atom. The molecule has 0 heterocycles. The van der Waals surface area contributed by atoms with Gasteiger partial charge < -0.3 is 11.1 Å². The number of carbonyl (C=O) groups is 1. The zero-order valence-electron chi connectivity index (χ0n) is 13.0. The fraction of sp³-hybridized carbons (Fsp3) is 0.562. The lowest BCUT2D eigenvalue weighted by molar-refractivity contribution is -0.126. The van der Waals surface area contributed by atoms with Crippen LogP contribution in [-0.2, 0) is 17.9 Å². The highest BCUT2D eigenvalue weighted by Crippen LogP contribution is 2.13. The van der Waals surface area contributed by atoms with Crippen LogP contribution in [0.5, 0.6) is 0 Å². The number of benzene rings is 1. The quantitative estimate of drug-likeness (QED) is 0.800. The topological polar surface area (TPSA) is 58.4 Å². The van der Waals surface area contributed by atoms with Crippen LogP contribution in [0.4, 0.5) is 0 Å². The van der Waals surface area contributed by atoms with Gasteiger partial charge in [0.25, 0.3) is 0 Å². The summed E-state index contributed by atoms with van der Waals surface area (Å²) in [7, 11) is 0. The second-order valence-corrected chi connectivity index (χ2v) is 5.38. The minimum Gasteiger partial charge on any atom is -0.353 e. The van der Waals surface area contributed by atoms with E-state index in [-0.39, 0.29) is 18.0 Å². The minimum absolute atomic E-state index is 0.0760. The van der Waals surface area contributed by atoms with Gasteiger partial charge in [0.15, 0.2) is 0 Å². The van der Waals surface area contributed by atoms with E-state index >= 15 is 0 Å². The van der Waals surface area contributed by atoms with E-state index < -0.39 is 0 Å². The Morgan fingerprint density at radius 3 is 2.35 bits per heavy atom. The third-order valence-electron chi connectivity index (χ3n) is 3.48. The number of rotatable bonds is 7. The van der Waals surface area contributed by atoms with E-state index in [0.29, 0.717) is 6.54 Å². The Morgan fingerprint density at radius 2 is 1.85 bits per heavy atom. The van der Waals surface area contributed by atoms with Crippen LogP contribution >= 0.6 is 0 Å². The highest BCUT2D eigenvalue weighted by Gasteiger charge is 2.21. The Hall–Kier alpha value is -1.39. The van der Waals surface area contributed by atoms with E-state index in [1.807, 2.05) is 39.0 Å². The van der Waals surface area contributed by atoms with Gasteiger partial charge in [0.2, 0.25) is 5.91 Å². The van der Waals surface area contributed by atoms with Crippen LogP contribution in [0.15, 0.2) is 24.3 Å². The average molecular weight is 277 g/mol. The monoisotopic (exact) mass is 277 g/mol. The van der Waals surface area contributed by atoms with E-state index in [9.17, 15) is 4.79 Å². The van der Waals surface area contributed by atoms with E-state index in [0.717, 1.165) is 18.7 Å². The van der Waals surface area contributed by atoms with Crippen molar-refractivity contribution in [1.82, 2.24) is 10.2 Å². The maximum atomic E-state index is 12.1. The molecule has 0 saturated heterocycles. The van der Waals surface area contributed by atoms with Gasteiger partial charge in [0.05, 0.1) is 6.04 Å². The SMILES string of the molecule is CCN(Cc1ccccc1CN)C(C)C(=O)NC(C)C. The molecule has 0 fully saturated rings. The number of nitrogens with two attached hydrogens (primary N) is 1. The predicted octanol–water partition coefficient (Wildman–Crippen LogP) is 1.88. The third-order valence-corrected chi connectivity index (χ3v) is 3.48. The van der Waals surface area contributed by atoms with Crippen molar-refractivity contribution in [2.24, 2.45) is 5.73 Å². The van der Waals surface area contributed by atoms with Crippen molar-refractivity contribution in [2.75, 3.05) is 6.54 Å². The van der Waals surface area contributed by atoms with E-state index in [1.165, 1.54) is 5.56 Å². The molecule has 1 aromatic carbocycles. The molecule has 0 bridgehead atoms. The van der Waals surface area contributed by atoms with Gasteiger partial charge in [0, 0.05) is 19.1 Å². The molecule has 4 nitrogen and oxygen atoms in total. The number of amides is 1. The first-order chi connectivity index (χ1) is 9.49. The van der Waals surface area contributed by atoms with Gasteiger partial charge in [0.1, 0.15) is 0 Å². The van der Waals surface area contributed by atoms with Crippen LogP contribution in [0.1, 0.15) is 38.8 Å². The summed E-state index contributed by atoms with van der Waals surface area (Å²) in [4.78, 5) is 14.3. The zero-order chi connectivity index (χ0) is 15.1. The molecule has 0 aromatic heterocycles. The Kier molecular flexibility index (Phi) is 6.68. The van der Waals surface area contributed by atoms with Crippen LogP contribution in [0.3, 0.4) is 0 Å². The summed E-state index contributed by atoms with van der Waals surface area (Å²) < 4.78 is 0. The molecule has 1 atom stereocenters. The molecule has 1 rings (SSSR count). The molecule has 1 unspecified atom stereocenters. The van der Waals surface area contributed by atoms with Crippen LogP contribution in [0.25, 0.3) is 0 Å². The first kappa shape index (κ1) is 16.7. The second kappa shape index (κ2) is 8.02. The second-order valence-electron chi connectivity index (χ2n) is 5.38. The molecule has 1 aromatic rings. The number of likely N-dealkylation sites (N-methyl/N-ethyl adjacent to an activating group) is 1. The van der Waals surface area contributed by atoms with Gasteiger partial charge >= 0.3 is 0 Å². The fourth-order valence-corrected chi connectivity index (χ4v) is 2.22. The first-order valence-corrected chi connectivity index (χ1v) is 7.30. The summed E-state index contributed by atoms with van der Waals surface area (Å²) in [6.07, 6.45) is 0. The van der Waals surface area contributed by atoms with E-state index in [4.69, 9.17) is 5.73 Å². The molecule has 0 spiro atoms. The van der Waals surface area contributed by atoms with Gasteiger partial charge in [-0.25, -0.2) is 0 Å². The van der Waals surface area contributed by atoms with Crippen molar-refractivity contribution in [3.05, 3.63) is 35.4 Å². The molecule has 0 radical (unpaired) electrons. The predicted molar refractivity (Wildman–Crippen MR) is 83.2 cm³/mol. The Balaban J connectivity index is 2.78. The molecule has 1 amide bonds. The van der Waals surface area contributed by atoms with Gasteiger partial charge in [-0.05, 0) is 38.4 Å². The smallest absolute Gasteiger partial charge is 0.237 e. The summed E-state index contributed by atoms with van der Waals surface area (Å²) in [5, 5.41) is 2.97. The number of carbonyl (C=O) groups excluding carboxylic acids is 1. The van der Waals surface area contributed by atoms with Gasteiger partial charge in [-0.2, -0.15) is 0 Å². The van der Waals surface area contributed by atoms with Crippen LogP contribution in [0.2, 0.25) is 0 Å². The van der Waals surface area contributed by atoms with Gasteiger partial charge in [-0.1, -0.05) is 31.2 Å². The largest absolute Gasteiger partial charge is 0.353 e. The highest BCUT2D eigenvalue weighted by molar-refractivity contribution is 5.81. The molecule has 4 heteroatoms. The van der Waals surface area contributed by atoms with Crippen LogP contribution in [-0.4, -0.2) is 29.4 Å². The molecule has 20 heavy (non-hydrogen) atoms. The van der Waals surface area contributed by atoms with Crippen molar-refractivity contribution < 1.29 is 4.79 Å². The number of nitrogens with one attached hydrogen (secondary N) is 1. The maximum Gasteiger partial charge on any atom is 0.237 e. The maximum absolute atomic E-state index is 12.1. The van der Waals surface area contributed by atoms with Crippen molar-refractivity contribution >= 4 is 5.91 Å². The summed E-state index contributed by atoms with van der Waals surface area (Å²) in [6, 6.07) is 8.16. The highest BCUT2D eigenvalue weighted by atomic mass is 16.2. The fourth-order valence-electron chi connectivity index (χ4n) is 2.22. The van der Waals surface area contributed by atoms with E-state index in [1.54, 1.807) is 0 Å². The summed E-state index contributed by atoms with van der Waals surface area (Å²) in [5.74, 6) is 0.0760. The molecule has 0 aliphatic carbocycles. The number of nitrogens with zero attached hydrogens (tertiary/aromatic N) is 1. The Labute approximate surface area is 122 Å². The first-order valence-electron chi connectivity index (χ1n) is 7.30. The van der Waals surface area contributed by atoms with Gasteiger partial charge in [-0.3, -0.25) is 9.69 Å². The van der Waals surface area contributed by atoms with Crippen molar-refractivity contribution in [1.29, 1.82) is 0 Å². The van der Waals surface area contributed by atoms with Crippen molar-refractivity contribution in [3.8, 4) is 0 Å². The molecular formula is C16H27N3O. The minimum atomic E-state index is -0.145. The summed E-state index contributed by atoms with van der Waals surface area (Å²) >= 11 is 0. The summed E-state index contributed by atoms with van der Waals surface area (Å²) in [5.41, 5.74) is 8.11. The normalized spacial score (nSPS) is 12.8. The van der Waals surface area contributed by atoms with Crippen molar-refractivity contribution in [3.63, 3.8) is 0 Å². The number of hydrogen-bond acceptors (Lipinski definition) is 3. The van der Waals surface area contributed by atoms with Crippen LogP contribution in [0, 0.1) is 0 Å².